The maximum atomic E-state index is 8.25. The summed E-state index contributed by atoms with van der Waals surface area (Å²) in [5, 5.41) is 16.9. The highest BCUT2D eigenvalue weighted by Crippen LogP contribution is 2.48. The number of nitrogens with zero attached hydrogens (tertiary/aromatic N) is 1. The average molecular weight is 525 g/mol. The SMILES string of the molecule is C=C(/C=C(\C)n1c(C=N)c(C)c2ccc3ccccc3c21)c1ccc2cc3c(cc2c1)-c1cccc2cccc-3c12. The summed E-state index contributed by atoms with van der Waals surface area (Å²) in [4.78, 5) is 0. The lowest BCUT2D eigenvalue weighted by Crippen LogP contribution is -2.00. The maximum Gasteiger partial charge on any atom is 0.0670 e. The Morgan fingerprint density at radius 3 is 2.12 bits per heavy atom. The van der Waals surface area contributed by atoms with E-state index in [1.807, 2.05) is 0 Å². The molecule has 194 valence electrons. The van der Waals surface area contributed by atoms with Crippen LogP contribution in [0.1, 0.15) is 23.7 Å². The van der Waals surface area contributed by atoms with Crippen molar-refractivity contribution < 1.29 is 0 Å². The minimum atomic E-state index is 0.903. The van der Waals surface area contributed by atoms with Crippen LogP contribution in [0.15, 0.2) is 116 Å². The summed E-state index contributed by atoms with van der Waals surface area (Å²) in [7, 11) is 0. The molecule has 0 atom stereocenters. The van der Waals surface area contributed by atoms with E-state index in [2.05, 4.69) is 134 Å². The molecule has 2 heteroatoms. The van der Waals surface area contributed by atoms with Crippen molar-refractivity contribution in [1.82, 2.24) is 4.57 Å². The second-order valence-electron chi connectivity index (χ2n) is 11.2. The number of aryl methyl sites for hydroxylation is 1. The van der Waals surface area contributed by atoms with Crippen LogP contribution in [0.4, 0.5) is 0 Å². The van der Waals surface area contributed by atoms with Crippen LogP contribution in [-0.2, 0) is 0 Å². The van der Waals surface area contributed by atoms with E-state index in [9.17, 15) is 0 Å². The molecule has 7 aromatic rings. The van der Waals surface area contributed by atoms with Crippen molar-refractivity contribution in [3.05, 3.63) is 133 Å². The van der Waals surface area contributed by atoms with Crippen LogP contribution in [0.25, 0.3) is 76.7 Å². The Balaban J connectivity index is 1.25. The number of fused-ring (bicyclic) bond motifs is 7. The summed E-state index contributed by atoms with van der Waals surface area (Å²) in [5.74, 6) is 0. The molecule has 1 aliphatic rings. The molecule has 1 N–H and O–H groups in total. The van der Waals surface area contributed by atoms with Gasteiger partial charge in [0.1, 0.15) is 0 Å². The molecular weight excluding hydrogens is 496 g/mol. The first-order chi connectivity index (χ1) is 20.0. The topological polar surface area (TPSA) is 28.8 Å². The third kappa shape index (κ3) is 3.34. The fraction of sp³-hybridized carbons (Fsp3) is 0.0513. The van der Waals surface area contributed by atoms with Crippen LogP contribution in [0.2, 0.25) is 0 Å². The van der Waals surface area contributed by atoms with Crippen molar-refractivity contribution in [3.63, 3.8) is 0 Å². The standard InChI is InChI=1S/C39H28N2/c1-23(18-24(2)41-37(22-40)25(3)31-17-16-26-8-4-5-11-32(26)39(31)41)28-14-15-29-20-35-33-12-6-9-27-10-7-13-34(38(27)33)36(35)21-30(29)19-28/h4-22,40H,1H2,2-3H3/b24-18+,40-22?. The number of hydrogen-bond donors (Lipinski definition) is 1. The number of benzene rings is 6. The van der Waals surface area contributed by atoms with Crippen molar-refractivity contribution in [2.45, 2.75) is 13.8 Å². The smallest absolute Gasteiger partial charge is 0.0670 e. The summed E-state index contributed by atoms with van der Waals surface area (Å²) in [6, 6.07) is 37.4. The number of allylic oxidation sites excluding steroid dienone is 3. The molecule has 0 radical (unpaired) electrons. The fourth-order valence-corrected chi connectivity index (χ4v) is 6.90. The van der Waals surface area contributed by atoms with Gasteiger partial charge < -0.3 is 9.98 Å². The van der Waals surface area contributed by atoms with E-state index in [-0.39, 0.29) is 0 Å². The van der Waals surface area contributed by atoms with Crippen molar-refractivity contribution in [2.24, 2.45) is 0 Å². The fourth-order valence-electron chi connectivity index (χ4n) is 6.90. The molecule has 0 amide bonds. The second kappa shape index (κ2) is 8.64. The molecule has 41 heavy (non-hydrogen) atoms. The molecule has 0 fully saturated rings. The molecule has 0 saturated carbocycles. The molecule has 1 aliphatic carbocycles. The van der Waals surface area contributed by atoms with E-state index < -0.39 is 0 Å². The van der Waals surface area contributed by atoms with Gasteiger partial charge in [-0.3, -0.25) is 0 Å². The molecule has 1 heterocycles. The van der Waals surface area contributed by atoms with Crippen molar-refractivity contribution >= 4 is 60.7 Å². The zero-order chi connectivity index (χ0) is 27.8. The molecule has 6 aromatic carbocycles. The van der Waals surface area contributed by atoms with Gasteiger partial charge in [-0.05, 0) is 104 Å². The van der Waals surface area contributed by atoms with Crippen LogP contribution >= 0.6 is 0 Å². The van der Waals surface area contributed by atoms with Crippen LogP contribution < -0.4 is 0 Å². The van der Waals surface area contributed by atoms with Crippen LogP contribution in [0.5, 0.6) is 0 Å². The third-order valence-corrected chi connectivity index (χ3v) is 8.86. The van der Waals surface area contributed by atoms with E-state index in [4.69, 9.17) is 5.41 Å². The molecule has 2 nitrogen and oxygen atoms in total. The van der Waals surface area contributed by atoms with Gasteiger partial charge in [0.05, 0.1) is 11.2 Å². The number of rotatable bonds is 4. The van der Waals surface area contributed by atoms with Gasteiger partial charge >= 0.3 is 0 Å². The number of aromatic nitrogens is 1. The first-order valence-corrected chi connectivity index (χ1v) is 14.0. The van der Waals surface area contributed by atoms with E-state index in [1.54, 1.807) is 0 Å². The molecule has 0 saturated heterocycles. The summed E-state index contributed by atoms with van der Waals surface area (Å²) in [6.07, 6.45) is 3.62. The summed E-state index contributed by atoms with van der Waals surface area (Å²) < 4.78 is 2.22. The minimum absolute atomic E-state index is 0.903. The van der Waals surface area contributed by atoms with Crippen molar-refractivity contribution in [1.29, 1.82) is 5.41 Å². The van der Waals surface area contributed by atoms with Gasteiger partial charge in [-0.25, -0.2) is 0 Å². The minimum Gasteiger partial charge on any atom is -0.311 e. The largest absolute Gasteiger partial charge is 0.311 e. The zero-order valence-electron chi connectivity index (χ0n) is 23.1. The van der Waals surface area contributed by atoms with Gasteiger partial charge in [-0.1, -0.05) is 91.5 Å². The predicted octanol–water partition coefficient (Wildman–Crippen LogP) is 10.6. The van der Waals surface area contributed by atoms with Gasteiger partial charge in [-0.15, -0.1) is 0 Å². The summed E-state index contributed by atoms with van der Waals surface area (Å²) in [6.45, 7) is 8.71. The lowest BCUT2D eigenvalue weighted by molar-refractivity contribution is 1.12. The number of hydrogen-bond acceptors (Lipinski definition) is 1. The Bertz CT molecular complexity index is 2300. The van der Waals surface area contributed by atoms with Gasteiger partial charge in [0, 0.05) is 22.7 Å². The van der Waals surface area contributed by atoms with E-state index in [0.29, 0.717) is 0 Å². The van der Waals surface area contributed by atoms with Crippen LogP contribution in [0, 0.1) is 12.3 Å². The Morgan fingerprint density at radius 2 is 1.37 bits per heavy atom. The van der Waals surface area contributed by atoms with Gasteiger partial charge in [0.2, 0.25) is 0 Å². The van der Waals surface area contributed by atoms with Crippen LogP contribution in [0.3, 0.4) is 0 Å². The molecule has 8 rings (SSSR count). The summed E-state index contributed by atoms with van der Waals surface area (Å²) >= 11 is 0. The highest BCUT2D eigenvalue weighted by molar-refractivity contribution is 6.17. The van der Waals surface area contributed by atoms with Crippen molar-refractivity contribution in [3.8, 4) is 22.3 Å². The second-order valence-corrected chi connectivity index (χ2v) is 11.2. The molecule has 0 unspecified atom stereocenters. The van der Waals surface area contributed by atoms with Gasteiger partial charge in [0.15, 0.2) is 0 Å². The van der Waals surface area contributed by atoms with E-state index >= 15 is 0 Å². The van der Waals surface area contributed by atoms with E-state index in [1.165, 1.54) is 66.2 Å². The monoisotopic (exact) mass is 524 g/mol. The molecule has 0 spiro atoms. The average Bonchev–Trinajstić information content (AvgIpc) is 3.48. The lowest BCUT2D eigenvalue weighted by Gasteiger charge is -2.13. The molecular formula is C39H28N2. The quantitative estimate of drug-likeness (QED) is 0.175. The van der Waals surface area contributed by atoms with Crippen LogP contribution in [-0.4, -0.2) is 10.8 Å². The Kier molecular flexibility index (Phi) is 4.99. The normalized spacial score (nSPS) is 12.5. The highest BCUT2D eigenvalue weighted by atomic mass is 15.0. The first-order valence-electron chi connectivity index (χ1n) is 14.0. The van der Waals surface area contributed by atoms with E-state index in [0.717, 1.165) is 33.6 Å². The number of nitrogens with one attached hydrogen (secondary N) is 1. The predicted molar refractivity (Wildman–Crippen MR) is 177 cm³/mol. The molecule has 1 aromatic heterocycles. The van der Waals surface area contributed by atoms with Gasteiger partial charge in [-0.2, -0.15) is 0 Å². The molecule has 0 bridgehead atoms. The zero-order valence-corrected chi connectivity index (χ0v) is 23.1. The lowest BCUT2D eigenvalue weighted by atomic mass is 9.96. The third-order valence-electron chi connectivity index (χ3n) is 8.86. The Hall–Kier alpha value is -5.21. The highest BCUT2D eigenvalue weighted by Gasteiger charge is 2.22. The Morgan fingerprint density at radius 1 is 0.683 bits per heavy atom. The maximum absolute atomic E-state index is 8.25. The van der Waals surface area contributed by atoms with Crippen molar-refractivity contribution in [2.75, 3.05) is 0 Å². The summed E-state index contributed by atoms with van der Waals surface area (Å²) in [5.41, 5.74) is 11.5. The molecule has 0 aliphatic heterocycles. The Labute approximate surface area is 239 Å². The first kappa shape index (κ1) is 23.7. The van der Waals surface area contributed by atoms with Gasteiger partial charge in [0.25, 0.3) is 0 Å².